The quantitative estimate of drug-likeness (QED) is 0.600. The summed E-state index contributed by atoms with van der Waals surface area (Å²) in [6.45, 7) is 4.76. The van der Waals surface area contributed by atoms with Gasteiger partial charge in [-0.1, -0.05) is 18.2 Å². The number of nitrogens with zero attached hydrogens (tertiary/aromatic N) is 3. The highest BCUT2D eigenvalue weighted by Gasteiger charge is 2.41. The van der Waals surface area contributed by atoms with Crippen molar-refractivity contribution >= 4 is 23.1 Å². The van der Waals surface area contributed by atoms with Crippen LogP contribution in [0.15, 0.2) is 48.2 Å². The maximum absolute atomic E-state index is 13.3. The fourth-order valence-corrected chi connectivity index (χ4v) is 4.46. The number of para-hydroxylation sites is 2. The number of rotatable bonds is 7. The number of likely N-dealkylation sites (N-methyl/N-ethyl adjacent to an activating group) is 1. The molecule has 2 heterocycles. The number of carbonyl (C=O) groups excluding carboxylic acids is 2. The topological polar surface area (TPSA) is 71.6 Å². The van der Waals surface area contributed by atoms with Crippen molar-refractivity contribution in [2.75, 3.05) is 59.0 Å². The van der Waals surface area contributed by atoms with Gasteiger partial charge in [-0.05, 0) is 36.8 Å². The molecule has 2 aromatic carbocycles. The number of amides is 2. The van der Waals surface area contributed by atoms with Crippen LogP contribution >= 0.6 is 0 Å². The zero-order valence-electron chi connectivity index (χ0n) is 19.5. The molecule has 0 bridgehead atoms. The van der Waals surface area contributed by atoms with Gasteiger partial charge in [0.25, 0.3) is 11.8 Å². The maximum Gasteiger partial charge on any atom is 0.277 e. The maximum atomic E-state index is 13.3. The van der Waals surface area contributed by atoms with Gasteiger partial charge in [0.05, 0.1) is 32.6 Å². The summed E-state index contributed by atoms with van der Waals surface area (Å²) in [5.74, 6) is 1.37. The zero-order valence-corrected chi connectivity index (χ0v) is 19.5. The summed E-state index contributed by atoms with van der Waals surface area (Å²) in [4.78, 5) is 32.1. The van der Waals surface area contributed by atoms with E-state index in [0.29, 0.717) is 61.1 Å². The number of imide groups is 1. The molecule has 174 valence electrons. The molecule has 0 unspecified atom stereocenters. The lowest BCUT2D eigenvalue weighted by atomic mass is 10.0. The molecule has 0 N–H and O–H groups in total. The number of hydrogen-bond donors (Lipinski definition) is 0. The summed E-state index contributed by atoms with van der Waals surface area (Å²) in [5.41, 5.74) is 2.53. The normalized spacial score (nSPS) is 16.5. The number of hydrogen-bond acceptors (Lipinski definition) is 7. The third-order valence-corrected chi connectivity index (χ3v) is 6.15. The molecule has 2 aliphatic heterocycles. The van der Waals surface area contributed by atoms with Crippen LogP contribution in [0.1, 0.15) is 12.5 Å². The molecule has 0 atom stereocenters. The Labute approximate surface area is 193 Å². The molecule has 2 aromatic rings. The van der Waals surface area contributed by atoms with E-state index in [0.717, 1.165) is 11.4 Å². The van der Waals surface area contributed by atoms with E-state index in [9.17, 15) is 9.59 Å². The molecular weight excluding hydrogens is 422 g/mol. The third-order valence-electron chi connectivity index (χ3n) is 6.15. The summed E-state index contributed by atoms with van der Waals surface area (Å²) in [7, 11) is 4.78. The molecule has 0 aromatic heterocycles. The number of anilines is 1. The minimum Gasteiger partial charge on any atom is -0.495 e. The molecule has 0 aliphatic carbocycles. The number of carbonyl (C=O) groups is 2. The fraction of sp³-hybridized carbons (Fsp3) is 0.360. The van der Waals surface area contributed by atoms with Crippen LogP contribution in [-0.2, 0) is 9.59 Å². The van der Waals surface area contributed by atoms with Crippen LogP contribution in [-0.4, -0.2) is 75.7 Å². The predicted octanol–water partition coefficient (Wildman–Crippen LogP) is 2.63. The highest BCUT2D eigenvalue weighted by atomic mass is 16.5. The van der Waals surface area contributed by atoms with Gasteiger partial charge in [-0.3, -0.25) is 14.5 Å². The largest absolute Gasteiger partial charge is 0.495 e. The average molecular weight is 452 g/mol. The van der Waals surface area contributed by atoms with Gasteiger partial charge in [0, 0.05) is 32.7 Å². The summed E-state index contributed by atoms with van der Waals surface area (Å²) < 4.78 is 16.3. The van der Waals surface area contributed by atoms with Crippen molar-refractivity contribution in [2.24, 2.45) is 0 Å². The number of methoxy groups -OCH3 is 3. The fourth-order valence-electron chi connectivity index (χ4n) is 4.46. The summed E-state index contributed by atoms with van der Waals surface area (Å²) in [5, 5.41) is 0. The van der Waals surface area contributed by atoms with Crippen LogP contribution in [0.25, 0.3) is 5.57 Å². The third kappa shape index (κ3) is 3.97. The molecule has 0 saturated carbocycles. The van der Waals surface area contributed by atoms with Crippen LogP contribution in [0.4, 0.5) is 5.69 Å². The molecule has 0 radical (unpaired) electrons. The van der Waals surface area contributed by atoms with E-state index in [2.05, 4.69) is 4.90 Å². The van der Waals surface area contributed by atoms with Crippen LogP contribution in [0.2, 0.25) is 0 Å². The van der Waals surface area contributed by atoms with Gasteiger partial charge in [-0.25, -0.2) is 0 Å². The van der Waals surface area contributed by atoms with E-state index in [-0.39, 0.29) is 11.8 Å². The number of piperazine rings is 1. The number of ether oxygens (including phenoxy) is 3. The van der Waals surface area contributed by atoms with Crippen LogP contribution < -0.4 is 19.1 Å². The van der Waals surface area contributed by atoms with E-state index in [1.165, 1.54) is 4.90 Å². The van der Waals surface area contributed by atoms with Crippen molar-refractivity contribution in [2.45, 2.75) is 6.92 Å². The Hall–Kier alpha value is -3.68. The highest BCUT2D eigenvalue weighted by molar-refractivity contribution is 6.35. The summed E-state index contributed by atoms with van der Waals surface area (Å²) in [6.07, 6.45) is 0. The molecule has 0 spiro atoms. The van der Waals surface area contributed by atoms with Crippen molar-refractivity contribution in [1.82, 2.24) is 9.80 Å². The first kappa shape index (κ1) is 22.5. The Morgan fingerprint density at radius 3 is 2.03 bits per heavy atom. The molecule has 2 amide bonds. The molecule has 4 rings (SSSR count). The van der Waals surface area contributed by atoms with Gasteiger partial charge in [0.2, 0.25) is 0 Å². The molecule has 8 heteroatoms. The second-order valence-corrected chi connectivity index (χ2v) is 7.79. The summed E-state index contributed by atoms with van der Waals surface area (Å²) in [6, 6.07) is 13.2. The SMILES string of the molecule is CCN1C(=O)C(c2ccc(OC)c(OC)c2)=C(N2CCN(c3ccccc3OC)CC2)C1=O. The Balaban J connectivity index is 1.67. The first-order valence-electron chi connectivity index (χ1n) is 11.0. The molecular formula is C25H29N3O5. The lowest BCUT2D eigenvalue weighted by molar-refractivity contribution is -0.137. The van der Waals surface area contributed by atoms with E-state index in [1.54, 1.807) is 39.5 Å². The standard InChI is InChI=1S/C25H29N3O5/c1-5-28-24(29)22(17-10-11-20(32-3)21(16-17)33-4)23(25(28)30)27-14-12-26(13-15-27)18-8-6-7-9-19(18)31-2/h6-11,16H,5,12-15H2,1-4H3. The summed E-state index contributed by atoms with van der Waals surface area (Å²) >= 11 is 0. The first-order chi connectivity index (χ1) is 16.0. The van der Waals surface area contributed by atoms with Gasteiger partial charge >= 0.3 is 0 Å². The van der Waals surface area contributed by atoms with Crippen molar-refractivity contribution in [3.05, 3.63) is 53.7 Å². The molecule has 1 saturated heterocycles. The van der Waals surface area contributed by atoms with Gasteiger partial charge < -0.3 is 24.0 Å². The van der Waals surface area contributed by atoms with Crippen molar-refractivity contribution in [1.29, 1.82) is 0 Å². The van der Waals surface area contributed by atoms with E-state index < -0.39 is 0 Å². The van der Waals surface area contributed by atoms with Crippen LogP contribution in [0.3, 0.4) is 0 Å². The first-order valence-corrected chi connectivity index (χ1v) is 11.0. The van der Waals surface area contributed by atoms with Crippen molar-refractivity contribution < 1.29 is 23.8 Å². The molecule has 33 heavy (non-hydrogen) atoms. The second-order valence-electron chi connectivity index (χ2n) is 7.79. The van der Waals surface area contributed by atoms with Crippen LogP contribution in [0, 0.1) is 0 Å². The number of benzene rings is 2. The van der Waals surface area contributed by atoms with E-state index >= 15 is 0 Å². The Bertz CT molecular complexity index is 1090. The van der Waals surface area contributed by atoms with Gasteiger partial charge in [0.15, 0.2) is 11.5 Å². The van der Waals surface area contributed by atoms with Gasteiger partial charge in [0.1, 0.15) is 11.4 Å². The smallest absolute Gasteiger partial charge is 0.277 e. The highest BCUT2D eigenvalue weighted by Crippen LogP contribution is 2.37. The van der Waals surface area contributed by atoms with Crippen molar-refractivity contribution in [3.63, 3.8) is 0 Å². The van der Waals surface area contributed by atoms with Gasteiger partial charge in [-0.2, -0.15) is 0 Å². The monoisotopic (exact) mass is 451 g/mol. The zero-order chi connectivity index (χ0) is 23.5. The average Bonchev–Trinajstić information content (AvgIpc) is 3.12. The second kappa shape index (κ2) is 9.44. The van der Waals surface area contributed by atoms with E-state index in [4.69, 9.17) is 14.2 Å². The molecule has 1 fully saturated rings. The van der Waals surface area contributed by atoms with E-state index in [1.807, 2.05) is 36.1 Å². The predicted molar refractivity (Wildman–Crippen MR) is 126 cm³/mol. The lowest BCUT2D eigenvalue weighted by Crippen LogP contribution is -2.47. The Kier molecular flexibility index (Phi) is 6.44. The molecule has 8 nitrogen and oxygen atoms in total. The molecule has 2 aliphatic rings. The van der Waals surface area contributed by atoms with Crippen LogP contribution in [0.5, 0.6) is 17.2 Å². The Morgan fingerprint density at radius 2 is 1.39 bits per heavy atom. The minimum absolute atomic E-state index is 0.252. The minimum atomic E-state index is -0.281. The van der Waals surface area contributed by atoms with Gasteiger partial charge in [-0.15, -0.1) is 0 Å². The lowest BCUT2D eigenvalue weighted by Gasteiger charge is -2.38. The Morgan fingerprint density at radius 1 is 0.758 bits per heavy atom. The van der Waals surface area contributed by atoms with Crippen molar-refractivity contribution in [3.8, 4) is 17.2 Å².